The monoisotopic (exact) mass is 214 g/mol. The fraction of sp³-hybridized carbons (Fsp3) is 0.444. The molecule has 0 aromatic carbocycles. The number of carboxylic acids is 1. The molecule has 0 saturated carbocycles. The van der Waals surface area contributed by atoms with Gasteiger partial charge < -0.3 is 10.8 Å². The molecule has 1 heterocycles. The van der Waals surface area contributed by atoms with Crippen LogP contribution in [0.4, 0.5) is 0 Å². The SMILES string of the molecule is CC(N)C(=O)O.CC1=C(C)C(=O)NC1=O. The molecule has 1 atom stereocenters. The summed E-state index contributed by atoms with van der Waals surface area (Å²) in [5, 5.41) is 10.0. The Morgan fingerprint density at radius 2 is 1.53 bits per heavy atom. The lowest BCUT2D eigenvalue weighted by molar-refractivity contribution is -0.138. The van der Waals surface area contributed by atoms with E-state index in [1.54, 1.807) is 13.8 Å². The summed E-state index contributed by atoms with van der Waals surface area (Å²) in [6, 6.07) is -0.731. The number of imide groups is 1. The number of aliphatic carboxylic acids is 1. The van der Waals surface area contributed by atoms with E-state index in [1.807, 2.05) is 0 Å². The molecule has 0 aromatic rings. The molecule has 6 heteroatoms. The van der Waals surface area contributed by atoms with E-state index in [0.29, 0.717) is 11.1 Å². The molecule has 1 unspecified atom stereocenters. The predicted octanol–water partition coefficient (Wildman–Crippen LogP) is -0.603. The standard InChI is InChI=1S/C6H7NO2.C3H7NO2/c1-3-4(2)6(9)7-5(3)8;1-2(4)3(5)6/h1-2H3,(H,7,8,9);2H,4H2,1H3,(H,5,6). The van der Waals surface area contributed by atoms with E-state index in [0.717, 1.165) is 0 Å². The lowest BCUT2D eigenvalue weighted by Crippen LogP contribution is -2.25. The molecular weight excluding hydrogens is 200 g/mol. The topological polar surface area (TPSA) is 109 Å². The Hall–Kier alpha value is -1.69. The van der Waals surface area contributed by atoms with Crippen LogP contribution in [0.3, 0.4) is 0 Å². The zero-order valence-corrected chi connectivity index (χ0v) is 8.83. The van der Waals surface area contributed by atoms with E-state index in [1.165, 1.54) is 6.92 Å². The van der Waals surface area contributed by atoms with Crippen LogP contribution in [0.25, 0.3) is 0 Å². The molecule has 0 radical (unpaired) electrons. The van der Waals surface area contributed by atoms with Crippen molar-refractivity contribution in [2.45, 2.75) is 26.8 Å². The van der Waals surface area contributed by atoms with Crippen molar-refractivity contribution >= 4 is 17.8 Å². The lowest BCUT2D eigenvalue weighted by atomic mass is 10.2. The summed E-state index contributed by atoms with van der Waals surface area (Å²) in [7, 11) is 0. The third kappa shape index (κ3) is 3.90. The molecule has 0 saturated heterocycles. The first kappa shape index (κ1) is 13.3. The molecule has 84 valence electrons. The molecule has 2 amide bonds. The average Bonchev–Trinajstić information content (AvgIpc) is 2.34. The summed E-state index contributed by atoms with van der Waals surface area (Å²) in [4.78, 5) is 30.8. The summed E-state index contributed by atoms with van der Waals surface area (Å²) < 4.78 is 0. The number of nitrogens with one attached hydrogen (secondary N) is 1. The summed E-state index contributed by atoms with van der Waals surface area (Å²) in [5.41, 5.74) is 5.89. The average molecular weight is 214 g/mol. The number of carbonyl (C=O) groups is 3. The van der Waals surface area contributed by atoms with Crippen molar-refractivity contribution in [3.8, 4) is 0 Å². The fourth-order valence-corrected chi connectivity index (χ4v) is 0.631. The van der Waals surface area contributed by atoms with Crippen LogP contribution >= 0.6 is 0 Å². The van der Waals surface area contributed by atoms with Crippen molar-refractivity contribution in [3.63, 3.8) is 0 Å². The first-order valence-electron chi connectivity index (χ1n) is 4.29. The number of nitrogens with two attached hydrogens (primary N) is 1. The Kier molecular flexibility index (Phi) is 4.66. The van der Waals surface area contributed by atoms with Gasteiger partial charge in [-0.05, 0) is 20.8 Å². The zero-order valence-electron chi connectivity index (χ0n) is 8.83. The van der Waals surface area contributed by atoms with Crippen LogP contribution in [0.5, 0.6) is 0 Å². The molecule has 1 aliphatic rings. The highest BCUT2D eigenvalue weighted by atomic mass is 16.4. The van der Waals surface area contributed by atoms with Crippen molar-refractivity contribution in [2.75, 3.05) is 0 Å². The lowest BCUT2D eigenvalue weighted by Gasteiger charge is -1.90. The first-order chi connectivity index (χ1) is 6.77. The summed E-state index contributed by atoms with van der Waals surface area (Å²) in [6.45, 7) is 4.69. The molecule has 0 fully saturated rings. The third-order valence-electron chi connectivity index (χ3n) is 1.86. The van der Waals surface area contributed by atoms with Gasteiger partial charge in [-0.2, -0.15) is 0 Å². The van der Waals surface area contributed by atoms with Crippen LogP contribution in [0.1, 0.15) is 20.8 Å². The Bertz CT molecular complexity index is 309. The van der Waals surface area contributed by atoms with Crippen molar-refractivity contribution in [3.05, 3.63) is 11.1 Å². The van der Waals surface area contributed by atoms with Gasteiger partial charge in [-0.25, -0.2) is 0 Å². The molecule has 0 spiro atoms. The van der Waals surface area contributed by atoms with Gasteiger partial charge in [0.2, 0.25) is 0 Å². The van der Waals surface area contributed by atoms with Gasteiger partial charge in [0.25, 0.3) is 11.8 Å². The number of carboxylic acid groups (broad SMARTS) is 1. The smallest absolute Gasteiger partial charge is 0.320 e. The summed E-state index contributed by atoms with van der Waals surface area (Å²) in [6.07, 6.45) is 0. The van der Waals surface area contributed by atoms with Crippen molar-refractivity contribution in [1.29, 1.82) is 0 Å². The maximum Gasteiger partial charge on any atom is 0.320 e. The van der Waals surface area contributed by atoms with Gasteiger partial charge in [-0.1, -0.05) is 0 Å². The van der Waals surface area contributed by atoms with Crippen LogP contribution in [0.2, 0.25) is 0 Å². The molecule has 4 N–H and O–H groups in total. The minimum absolute atomic E-state index is 0.266. The minimum Gasteiger partial charge on any atom is -0.480 e. The molecule has 15 heavy (non-hydrogen) atoms. The van der Waals surface area contributed by atoms with E-state index in [-0.39, 0.29) is 11.8 Å². The third-order valence-corrected chi connectivity index (χ3v) is 1.86. The van der Waals surface area contributed by atoms with Gasteiger partial charge in [0.15, 0.2) is 0 Å². The Morgan fingerprint density at radius 3 is 1.60 bits per heavy atom. The molecular formula is C9H14N2O4. The Labute approximate surface area is 87.1 Å². The maximum absolute atomic E-state index is 10.6. The van der Waals surface area contributed by atoms with Crippen molar-refractivity contribution in [2.24, 2.45) is 5.73 Å². The Morgan fingerprint density at radius 1 is 1.27 bits per heavy atom. The maximum atomic E-state index is 10.6. The molecule has 0 aromatic heterocycles. The Balaban J connectivity index is 0.000000288. The van der Waals surface area contributed by atoms with Gasteiger partial charge in [0.1, 0.15) is 6.04 Å². The second-order valence-corrected chi connectivity index (χ2v) is 3.16. The summed E-state index contributed by atoms with van der Waals surface area (Å²) in [5.74, 6) is -1.50. The largest absolute Gasteiger partial charge is 0.480 e. The van der Waals surface area contributed by atoms with Crippen LogP contribution in [-0.2, 0) is 14.4 Å². The van der Waals surface area contributed by atoms with Gasteiger partial charge in [0, 0.05) is 11.1 Å². The van der Waals surface area contributed by atoms with E-state index < -0.39 is 12.0 Å². The summed E-state index contributed by atoms with van der Waals surface area (Å²) >= 11 is 0. The zero-order chi connectivity index (χ0) is 12.2. The van der Waals surface area contributed by atoms with E-state index in [4.69, 9.17) is 10.8 Å². The van der Waals surface area contributed by atoms with Gasteiger partial charge >= 0.3 is 5.97 Å². The van der Waals surface area contributed by atoms with Crippen LogP contribution in [0.15, 0.2) is 11.1 Å². The first-order valence-corrected chi connectivity index (χ1v) is 4.29. The van der Waals surface area contributed by atoms with E-state index in [9.17, 15) is 14.4 Å². The normalized spacial score (nSPS) is 16.8. The quantitative estimate of drug-likeness (QED) is 0.505. The van der Waals surface area contributed by atoms with Crippen molar-refractivity contribution < 1.29 is 19.5 Å². The number of rotatable bonds is 1. The van der Waals surface area contributed by atoms with Gasteiger partial charge in [0.05, 0.1) is 0 Å². The van der Waals surface area contributed by atoms with E-state index >= 15 is 0 Å². The predicted molar refractivity (Wildman–Crippen MR) is 52.8 cm³/mol. The highest BCUT2D eigenvalue weighted by Crippen LogP contribution is 2.09. The number of hydrogen-bond acceptors (Lipinski definition) is 4. The molecule has 1 aliphatic heterocycles. The van der Waals surface area contributed by atoms with Crippen LogP contribution in [-0.4, -0.2) is 28.9 Å². The molecule has 0 bridgehead atoms. The number of amides is 2. The number of hydrogen-bond donors (Lipinski definition) is 3. The second kappa shape index (κ2) is 5.26. The second-order valence-electron chi connectivity index (χ2n) is 3.16. The number of carbonyl (C=O) groups excluding carboxylic acids is 2. The molecule has 0 aliphatic carbocycles. The van der Waals surface area contributed by atoms with Crippen LogP contribution in [0, 0.1) is 0 Å². The minimum atomic E-state index is -0.963. The fourth-order valence-electron chi connectivity index (χ4n) is 0.631. The van der Waals surface area contributed by atoms with Crippen molar-refractivity contribution in [1.82, 2.24) is 5.32 Å². The van der Waals surface area contributed by atoms with Crippen LogP contribution < -0.4 is 11.1 Å². The van der Waals surface area contributed by atoms with Gasteiger partial charge in [-0.3, -0.25) is 19.7 Å². The highest BCUT2D eigenvalue weighted by Gasteiger charge is 2.22. The highest BCUT2D eigenvalue weighted by molar-refractivity contribution is 6.18. The van der Waals surface area contributed by atoms with E-state index in [2.05, 4.69) is 5.32 Å². The molecule has 6 nitrogen and oxygen atoms in total. The van der Waals surface area contributed by atoms with Gasteiger partial charge in [-0.15, -0.1) is 0 Å². The molecule has 1 rings (SSSR count).